The van der Waals surface area contributed by atoms with Crippen LogP contribution in [0.5, 0.6) is 5.75 Å². The van der Waals surface area contributed by atoms with E-state index < -0.39 is 10.5 Å². The molecule has 1 aromatic rings. The first-order valence-electron chi connectivity index (χ1n) is 7.05. The Morgan fingerprint density at radius 2 is 2.14 bits per heavy atom. The van der Waals surface area contributed by atoms with Crippen molar-refractivity contribution in [3.8, 4) is 5.75 Å². The summed E-state index contributed by atoms with van der Waals surface area (Å²) in [5.74, 6) is 2.24. The smallest absolute Gasteiger partial charge is 0.270 e. The normalized spacial score (nSPS) is 18.9. The Hall–Kier alpha value is -2.02. The van der Waals surface area contributed by atoms with Gasteiger partial charge in [0, 0.05) is 24.7 Å². The number of fused-ring (bicyclic) bond motifs is 1. The van der Waals surface area contributed by atoms with Crippen LogP contribution in [0.1, 0.15) is 18.4 Å². The Morgan fingerprint density at radius 3 is 2.77 bits per heavy atom. The number of rotatable bonds is 2. The zero-order valence-electron chi connectivity index (χ0n) is 12.1. The number of nitro groups is 1. The van der Waals surface area contributed by atoms with E-state index in [1.165, 1.54) is 12.1 Å². The van der Waals surface area contributed by atoms with Crippen molar-refractivity contribution in [3.63, 3.8) is 0 Å². The summed E-state index contributed by atoms with van der Waals surface area (Å²) in [5, 5.41) is 13.6. The largest absolute Gasteiger partial charge is 0.482 e. The van der Waals surface area contributed by atoms with Gasteiger partial charge in [0.1, 0.15) is 11.4 Å². The summed E-state index contributed by atoms with van der Waals surface area (Å²) in [6, 6.07) is 4.41. The molecule has 0 aliphatic carbocycles. The number of nitro benzene ring substituents is 1. The van der Waals surface area contributed by atoms with Gasteiger partial charge in [-0.1, -0.05) is 0 Å². The van der Waals surface area contributed by atoms with Crippen LogP contribution in [0.3, 0.4) is 0 Å². The predicted molar refractivity (Wildman–Crippen MR) is 85.1 cm³/mol. The van der Waals surface area contributed by atoms with E-state index in [1.54, 1.807) is 13.1 Å². The molecule has 0 bridgehead atoms. The second-order valence-corrected chi connectivity index (χ2v) is 6.58. The van der Waals surface area contributed by atoms with Crippen molar-refractivity contribution in [2.75, 3.05) is 18.6 Å². The molecular formula is C15H16N2O4S. The first-order chi connectivity index (χ1) is 10.5. The molecule has 0 unspecified atom stereocenters. The van der Waals surface area contributed by atoms with Crippen molar-refractivity contribution in [1.29, 1.82) is 0 Å². The minimum atomic E-state index is -0.476. The molecule has 1 spiro atoms. The van der Waals surface area contributed by atoms with Gasteiger partial charge < -0.3 is 10.1 Å². The Bertz CT molecular complexity index is 666. The van der Waals surface area contributed by atoms with Crippen LogP contribution in [0.15, 0.2) is 24.3 Å². The van der Waals surface area contributed by atoms with Gasteiger partial charge in [-0.15, -0.1) is 0 Å². The molecule has 116 valence electrons. The lowest BCUT2D eigenvalue weighted by molar-refractivity contribution is -0.384. The third kappa shape index (κ3) is 2.56. The van der Waals surface area contributed by atoms with Gasteiger partial charge in [-0.2, -0.15) is 11.8 Å². The fourth-order valence-corrected chi connectivity index (χ4v) is 3.99. The molecule has 0 saturated carbocycles. The number of carbonyl (C=O) groups excluding carboxylic acids is 1. The topological polar surface area (TPSA) is 81.5 Å². The highest BCUT2D eigenvalue weighted by Gasteiger charge is 2.38. The number of thioether (sulfide) groups is 1. The zero-order valence-corrected chi connectivity index (χ0v) is 12.9. The molecule has 7 heteroatoms. The monoisotopic (exact) mass is 320 g/mol. The molecule has 0 atom stereocenters. The average molecular weight is 320 g/mol. The van der Waals surface area contributed by atoms with Gasteiger partial charge in [0.2, 0.25) is 0 Å². The van der Waals surface area contributed by atoms with Crippen molar-refractivity contribution in [2.45, 2.75) is 18.4 Å². The number of likely N-dealkylation sites (N-methyl/N-ethyl adjacent to an activating group) is 1. The number of benzene rings is 1. The van der Waals surface area contributed by atoms with E-state index in [1.807, 2.05) is 17.8 Å². The van der Waals surface area contributed by atoms with Crippen molar-refractivity contribution >= 4 is 28.9 Å². The molecule has 2 aliphatic heterocycles. The van der Waals surface area contributed by atoms with E-state index in [2.05, 4.69) is 5.32 Å². The van der Waals surface area contributed by atoms with Gasteiger partial charge in [-0.3, -0.25) is 14.9 Å². The lowest BCUT2D eigenvalue weighted by Crippen LogP contribution is -2.41. The van der Waals surface area contributed by atoms with Crippen LogP contribution in [-0.4, -0.2) is 35.0 Å². The van der Waals surface area contributed by atoms with Crippen molar-refractivity contribution in [3.05, 3.63) is 40.0 Å². The van der Waals surface area contributed by atoms with E-state index in [0.29, 0.717) is 16.9 Å². The molecule has 1 N–H and O–H groups in total. The van der Waals surface area contributed by atoms with Crippen molar-refractivity contribution in [2.24, 2.45) is 0 Å². The molecule has 6 nitrogen and oxygen atoms in total. The van der Waals surface area contributed by atoms with Crippen molar-refractivity contribution in [1.82, 2.24) is 5.32 Å². The number of nitrogens with one attached hydrogen (secondary N) is 1. The molecule has 2 heterocycles. The molecule has 3 rings (SSSR count). The number of nitrogens with zero attached hydrogens (tertiary/aromatic N) is 1. The molecule has 1 amide bonds. The summed E-state index contributed by atoms with van der Waals surface area (Å²) in [7, 11) is 1.55. The fraction of sp³-hybridized carbons (Fsp3) is 0.400. The maximum atomic E-state index is 12.2. The van der Waals surface area contributed by atoms with Gasteiger partial charge >= 0.3 is 0 Å². The Morgan fingerprint density at radius 1 is 1.41 bits per heavy atom. The number of hydrogen-bond donors (Lipinski definition) is 1. The highest BCUT2D eigenvalue weighted by Crippen LogP contribution is 2.43. The summed E-state index contributed by atoms with van der Waals surface area (Å²) in [5.41, 5.74) is 0.417. The van der Waals surface area contributed by atoms with E-state index in [-0.39, 0.29) is 11.6 Å². The first kappa shape index (κ1) is 14.9. The molecule has 1 aromatic carbocycles. The molecule has 0 aromatic heterocycles. The van der Waals surface area contributed by atoms with Crippen LogP contribution in [-0.2, 0) is 4.79 Å². The van der Waals surface area contributed by atoms with E-state index in [0.717, 1.165) is 24.3 Å². The van der Waals surface area contributed by atoms with Crippen LogP contribution < -0.4 is 10.1 Å². The Labute approximate surface area is 132 Å². The third-order valence-corrected chi connectivity index (χ3v) is 4.98. The summed E-state index contributed by atoms with van der Waals surface area (Å²) in [6.45, 7) is 0. The maximum Gasteiger partial charge on any atom is 0.270 e. The van der Waals surface area contributed by atoms with Gasteiger partial charge in [0.05, 0.1) is 10.5 Å². The second-order valence-electron chi connectivity index (χ2n) is 5.35. The van der Waals surface area contributed by atoms with Crippen LogP contribution in [0.25, 0.3) is 5.57 Å². The van der Waals surface area contributed by atoms with Gasteiger partial charge in [0.15, 0.2) is 0 Å². The summed E-state index contributed by atoms with van der Waals surface area (Å²) in [6.07, 6.45) is 3.50. The molecule has 2 aliphatic rings. The van der Waals surface area contributed by atoms with E-state index in [9.17, 15) is 14.9 Å². The molecule has 22 heavy (non-hydrogen) atoms. The third-order valence-electron chi connectivity index (χ3n) is 4.00. The molecule has 1 saturated heterocycles. The first-order valence-corrected chi connectivity index (χ1v) is 8.21. The van der Waals surface area contributed by atoms with E-state index >= 15 is 0 Å². The standard InChI is InChI=1S/C15H16N2O4S/c1-16-14(18)12-9-15(4-6-22-7-5-15)21-13-3-2-10(17(19)20)8-11(12)13/h2-3,8-9H,4-7H2,1H3,(H,16,18). The quantitative estimate of drug-likeness (QED) is 0.668. The number of ether oxygens (including phenoxy) is 1. The number of hydrogen-bond acceptors (Lipinski definition) is 5. The number of non-ortho nitro benzene ring substituents is 1. The van der Waals surface area contributed by atoms with E-state index in [4.69, 9.17) is 4.74 Å². The summed E-state index contributed by atoms with van der Waals surface area (Å²) < 4.78 is 6.13. The van der Waals surface area contributed by atoms with Crippen LogP contribution in [0, 0.1) is 10.1 Å². The SMILES string of the molecule is CNC(=O)C1=CC2(CCSCC2)Oc2ccc([N+](=O)[O-])cc21. The molecule has 1 fully saturated rings. The molecular weight excluding hydrogens is 304 g/mol. The lowest BCUT2D eigenvalue weighted by Gasteiger charge is -2.39. The van der Waals surface area contributed by atoms with Crippen molar-refractivity contribution < 1.29 is 14.5 Å². The number of carbonyl (C=O) groups is 1. The minimum absolute atomic E-state index is 0.0488. The summed E-state index contributed by atoms with van der Waals surface area (Å²) in [4.78, 5) is 22.7. The second kappa shape index (κ2) is 5.64. The fourth-order valence-electron chi connectivity index (χ4n) is 2.81. The van der Waals surface area contributed by atoms with Crippen LogP contribution in [0.2, 0.25) is 0 Å². The van der Waals surface area contributed by atoms with Crippen LogP contribution in [0.4, 0.5) is 5.69 Å². The van der Waals surface area contributed by atoms with Gasteiger partial charge in [0.25, 0.3) is 11.6 Å². The highest BCUT2D eigenvalue weighted by atomic mass is 32.2. The Kier molecular flexibility index (Phi) is 3.82. The minimum Gasteiger partial charge on any atom is -0.482 e. The van der Waals surface area contributed by atoms with Gasteiger partial charge in [-0.05, 0) is 36.5 Å². The lowest BCUT2D eigenvalue weighted by atomic mass is 9.87. The Balaban J connectivity index is 2.10. The maximum absolute atomic E-state index is 12.2. The zero-order chi connectivity index (χ0) is 15.7. The average Bonchev–Trinajstić information content (AvgIpc) is 2.53. The summed E-state index contributed by atoms with van der Waals surface area (Å²) >= 11 is 1.87. The van der Waals surface area contributed by atoms with Crippen LogP contribution >= 0.6 is 11.8 Å². The highest BCUT2D eigenvalue weighted by molar-refractivity contribution is 7.99. The van der Waals surface area contributed by atoms with Gasteiger partial charge in [-0.25, -0.2) is 0 Å². The molecule has 0 radical (unpaired) electrons. The number of amides is 1. The predicted octanol–water partition coefficient (Wildman–Crippen LogP) is 2.38.